The van der Waals surface area contributed by atoms with Crippen LogP contribution >= 0.6 is 0 Å². The van der Waals surface area contributed by atoms with E-state index in [1.165, 1.54) is 4.68 Å². The van der Waals surface area contributed by atoms with E-state index < -0.39 is 17.9 Å². The molecule has 2 amide bonds. The van der Waals surface area contributed by atoms with Gasteiger partial charge < -0.3 is 10.6 Å². The highest BCUT2D eigenvalue weighted by Gasteiger charge is 2.33. The Bertz CT molecular complexity index is 1600. The number of rotatable bonds is 8. The fourth-order valence-electron chi connectivity index (χ4n) is 5.28. The Morgan fingerprint density at radius 2 is 1.39 bits per heavy atom. The molecule has 2 heterocycles. The normalized spacial score (nSPS) is 11.7. The zero-order valence-electron chi connectivity index (χ0n) is 23.2. The molecule has 0 spiro atoms. The van der Waals surface area contributed by atoms with E-state index in [0.717, 1.165) is 38.1 Å². The summed E-state index contributed by atoms with van der Waals surface area (Å²) in [6, 6.07) is 27.6. The molecule has 0 aliphatic carbocycles. The lowest BCUT2D eigenvalue weighted by Crippen LogP contribution is -2.48. The summed E-state index contributed by atoms with van der Waals surface area (Å²) in [5, 5.41) is 20.0. The monoisotopic (exact) mass is 546 g/mol. The predicted molar refractivity (Wildman–Crippen MR) is 157 cm³/mol. The molecule has 0 unspecified atom stereocenters. The lowest BCUT2D eigenvalue weighted by molar-refractivity contribution is -0.905. The number of anilines is 1. The minimum absolute atomic E-state index is 0.348. The van der Waals surface area contributed by atoms with E-state index in [1.54, 1.807) is 31.7 Å². The van der Waals surface area contributed by atoms with Crippen molar-refractivity contribution in [1.82, 2.24) is 15.1 Å². The summed E-state index contributed by atoms with van der Waals surface area (Å²) in [4.78, 5) is 27.4. The van der Waals surface area contributed by atoms with Crippen molar-refractivity contribution in [1.29, 1.82) is 0 Å². The van der Waals surface area contributed by atoms with Gasteiger partial charge in [-0.05, 0) is 54.3 Å². The molecular weight excluding hydrogens is 514 g/mol. The predicted octanol–water partition coefficient (Wildman–Crippen LogP) is 4.80. The topological polar surface area (TPSA) is 100 Å². The average molecular weight is 547 g/mol. The Balaban J connectivity index is 1.49. The van der Waals surface area contributed by atoms with Gasteiger partial charge in [-0.25, -0.2) is 0 Å². The maximum absolute atomic E-state index is 14.0. The third-order valence-corrected chi connectivity index (χ3v) is 7.15. The van der Waals surface area contributed by atoms with Crippen molar-refractivity contribution < 1.29 is 19.5 Å². The Morgan fingerprint density at radius 3 is 1.90 bits per heavy atom. The minimum Gasteiger partial charge on any atom is -0.338 e. The number of hydrogen-bond acceptors (Lipinski definition) is 4. The van der Waals surface area contributed by atoms with Crippen molar-refractivity contribution in [2.24, 2.45) is 7.05 Å². The number of benzene rings is 3. The highest BCUT2D eigenvalue weighted by Crippen LogP contribution is 2.30. The highest BCUT2D eigenvalue weighted by atomic mass is 16.5. The molecule has 8 heteroatoms. The fraction of sp³-hybridized carbons (Fsp3) is 0.152. The summed E-state index contributed by atoms with van der Waals surface area (Å²) < 4.78 is 2.54. The van der Waals surface area contributed by atoms with E-state index in [0.29, 0.717) is 11.4 Å². The molecule has 5 aromatic rings. The van der Waals surface area contributed by atoms with Gasteiger partial charge >= 0.3 is 0 Å². The first-order valence-corrected chi connectivity index (χ1v) is 13.3. The van der Waals surface area contributed by atoms with Crippen molar-refractivity contribution >= 4 is 17.5 Å². The molecule has 5 rings (SSSR count). The van der Waals surface area contributed by atoms with Gasteiger partial charge in [-0.1, -0.05) is 72.8 Å². The van der Waals surface area contributed by atoms with Crippen molar-refractivity contribution in [3.05, 3.63) is 138 Å². The molecule has 0 aliphatic rings. The van der Waals surface area contributed by atoms with Crippen LogP contribution in [0.15, 0.2) is 110 Å². The van der Waals surface area contributed by atoms with E-state index in [4.69, 9.17) is 0 Å². The summed E-state index contributed by atoms with van der Waals surface area (Å²) in [6.45, 7) is 3.88. The van der Waals surface area contributed by atoms with Crippen LogP contribution in [0.1, 0.15) is 38.7 Å². The maximum Gasteiger partial charge on any atom is 0.270 e. The molecule has 8 nitrogen and oxygen atoms in total. The van der Waals surface area contributed by atoms with Crippen LogP contribution in [0.3, 0.4) is 0 Å². The zero-order chi connectivity index (χ0) is 28.9. The molecule has 2 aromatic heterocycles. The number of hydrogen-bond donors (Lipinski definition) is 3. The summed E-state index contributed by atoms with van der Waals surface area (Å²) >= 11 is 0. The van der Waals surface area contributed by atoms with Crippen LogP contribution in [0.4, 0.5) is 5.69 Å². The Hall–Kier alpha value is -5.24. The molecule has 0 fully saturated rings. The molecule has 0 aliphatic heterocycles. The second kappa shape index (κ2) is 11.9. The Labute approximate surface area is 238 Å². The standard InChI is InChI=1S/C33H31N5O3/c1-22-20-38(41)21-23(2)29(22)26-14-16-27(17-15-26)35-33(40)31(36-32(39)28-18-19-34-37(28)3)30(24-10-6-4-7-11-24)25-12-8-5-9-13-25/h4-21,30-31,41H,1-3H3,(H,36,39)/p+1/t31-/m0/s1. The van der Waals surface area contributed by atoms with E-state index in [9.17, 15) is 14.8 Å². The molecule has 0 saturated carbocycles. The first-order valence-electron chi connectivity index (χ1n) is 13.3. The van der Waals surface area contributed by atoms with Gasteiger partial charge in [-0.15, -0.1) is 0 Å². The molecule has 206 valence electrons. The molecule has 0 radical (unpaired) electrons. The molecule has 0 saturated heterocycles. The third-order valence-electron chi connectivity index (χ3n) is 7.15. The van der Waals surface area contributed by atoms with Gasteiger partial charge in [0.1, 0.15) is 11.7 Å². The van der Waals surface area contributed by atoms with Crippen LogP contribution in [0.25, 0.3) is 11.1 Å². The van der Waals surface area contributed by atoms with Crippen LogP contribution in [0.2, 0.25) is 0 Å². The summed E-state index contributed by atoms with van der Waals surface area (Å²) in [6.07, 6.45) is 4.86. The van der Waals surface area contributed by atoms with Gasteiger partial charge in [0.15, 0.2) is 0 Å². The van der Waals surface area contributed by atoms with E-state index in [2.05, 4.69) is 15.7 Å². The van der Waals surface area contributed by atoms with Gasteiger partial charge in [0, 0.05) is 40.7 Å². The number of nitrogens with one attached hydrogen (secondary N) is 2. The molecule has 3 aromatic carbocycles. The van der Waals surface area contributed by atoms with Crippen molar-refractivity contribution in [3.8, 4) is 11.1 Å². The van der Waals surface area contributed by atoms with Gasteiger partial charge in [-0.2, -0.15) is 5.10 Å². The lowest BCUT2D eigenvalue weighted by atomic mass is 9.84. The summed E-state index contributed by atoms with van der Waals surface area (Å²) in [5.74, 6) is -1.19. The van der Waals surface area contributed by atoms with Gasteiger partial charge in [-0.3, -0.25) is 19.5 Å². The first-order chi connectivity index (χ1) is 19.8. The lowest BCUT2D eigenvalue weighted by Gasteiger charge is -2.28. The van der Waals surface area contributed by atoms with Crippen LogP contribution in [-0.4, -0.2) is 32.8 Å². The third kappa shape index (κ3) is 6.01. The van der Waals surface area contributed by atoms with Crippen molar-refractivity contribution in [3.63, 3.8) is 0 Å². The SMILES string of the molecule is Cc1c[n+](O)cc(C)c1-c1ccc(NC(=O)[C@@H](NC(=O)c2ccnn2C)C(c2ccccc2)c2ccccc2)cc1. The van der Waals surface area contributed by atoms with E-state index >= 15 is 0 Å². The molecule has 1 atom stereocenters. The highest BCUT2D eigenvalue weighted by molar-refractivity contribution is 6.01. The van der Waals surface area contributed by atoms with Crippen LogP contribution in [0, 0.1) is 13.8 Å². The van der Waals surface area contributed by atoms with Crippen LogP contribution < -0.4 is 15.4 Å². The second-order valence-corrected chi connectivity index (χ2v) is 10.0. The number of nitrogens with zero attached hydrogens (tertiary/aromatic N) is 3. The van der Waals surface area contributed by atoms with Gasteiger partial charge in [0.05, 0.1) is 0 Å². The van der Waals surface area contributed by atoms with Gasteiger partial charge in [0.25, 0.3) is 5.91 Å². The number of aromatic nitrogens is 3. The van der Waals surface area contributed by atoms with Crippen molar-refractivity contribution in [2.75, 3.05) is 5.32 Å². The largest absolute Gasteiger partial charge is 0.338 e. The van der Waals surface area contributed by atoms with Crippen LogP contribution in [0.5, 0.6) is 0 Å². The quantitative estimate of drug-likeness (QED) is 0.192. The molecule has 41 heavy (non-hydrogen) atoms. The number of carbonyl (C=O) groups is 2. The minimum atomic E-state index is -0.930. The van der Waals surface area contributed by atoms with E-state index in [1.807, 2.05) is 98.8 Å². The molecule has 3 N–H and O–H groups in total. The Kier molecular flexibility index (Phi) is 7.92. The summed E-state index contributed by atoms with van der Waals surface area (Å²) in [5.41, 5.74) is 6.58. The first kappa shape index (κ1) is 27.3. The zero-order valence-corrected chi connectivity index (χ0v) is 23.2. The second-order valence-electron chi connectivity index (χ2n) is 10.0. The smallest absolute Gasteiger partial charge is 0.270 e. The maximum atomic E-state index is 14.0. The number of pyridine rings is 1. The average Bonchev–Trinajstić information content (AvgIpc) is 3.40. The molecule has 0 bridgehead atoms. The van der Waals surface area contributed by atoms with Crippen molar-refractivity contribution in [2.45, 2.75) is 25.8 Å². The Morgan fingerprint density at radius 1 is 0.829 bits per heavy atom. The number of aryl methyl sites for hydroxylation is 3. The van der Waals surface area contributed by atoms with E-state index in [-0.39, 0.29) is 5.91 Å². The fourth-order valence-corrected chi connectivity index (χ4v) is 5.28. The van der Waals surface area contributed by atoms with Gasteiger partial charge in [0.2, 0.25) is 18.3 Å². The number of carbonyl (C=O) groups excluding carboxylic acids is 2. The number of amides is 2. The summed E-state index contributed by atoms with van der Waals surface area (Å²) in [7, 11) is 1.69. The van der Waals surface area contributed by atoms with Crippen LogP contribution in [-0.2, 0) is 11.8 Å². The molecular formula is C33H32N5O3+.